The summed E-state index contributed by atoms with van der Waals surface area (Å²) in [6, 6.07) is 13.0. The molecule has 5 nitrogen and oxygen atoms in total. The van der Waals surface area contributed by atoms with Crippen molar-refractivity contribution < 1.29 is 18.1 Å². The maximum absolute atomic E-state index is 13.8. The van der Waals surface area contributed by atoms with Crippen molar-refractivity contribution in [2.75, 3.05) is 13.1 Å². The summed E-state index contributed by atoms with van der Waals surface area (Å²) in [5.41, 5.74) is 1.10. The number of carbonyl (C=O) groups excluding carboxylic acids is 1. The predicted molar refractivity (Wildman–Crippen MR) is 103 cm³/mol. The third kappa shape index (κ3) is 4.08. The molecule has 1 aliphatic heterocycles. The summed E-state index contributed by atoms with van der Waals surface area (Å²) in [6.07, 6.45) is 2.56. The number of likely N-dealkylation sites (tertiary alicyclic amines) is 1. The molecular formula is C22H19F2N3O2. The van der Waals surface area contributed by atoms with Gasteiger partial charge in [-0.25, -0.2) is 8.78 Å². The summed E-state index contributed by atoms with van der Waals surface area (Å²) in [5.74, 6) is -0.534. The zero-order valence-electron chi connectivity index (χ0n) is 15.8. The van der Waals surface area contributed by atoms with Crippen molar-refractivity contribution in [2.45, 2.75) is 18.8 Å². The molecule has 0 bridgehead atoms. The average molecular weight is 395 g/mol. The molecule has 2 atom stereocenters. The van der Waals surface area contributed by atoms with E-state index in [0.717, 1.165) is 23.8 Å². The fraction of sp³-hybridized carbons (Fsp3) is 0.227. The SMILES string of the molecule is Cc1noc([C@@H]2CN(C(=O)/C=C\c3cc(F)ccc3F)C[C@H]2c2ccccc2)n1. The highest BCUT2D eigenvalue weighted by atomic mass is 19.1. The van der Waals surface area contributed by atoms with Crippen LogP contribution in [0.25, 0.3) is 6.08 Å². The molecule has 7 heteroatoms. The van der Waals surface area contributed by atoms with Gasteiger partial charge in [0, 0.05) is 30.6 Å². The van der Waals surface area contributed by atoms with Gasteiger partial charge in [0.05, 0.1) is 5.92 Å². The Kier molecular flexibility index (Phi) is 5.20. The average Bonchev–Trinajstić information content (AvgIpc) is 3.35. The second-order valence-electron chi connectivity index (χ2n) is 7.05. The number of amides is 1. The smallest absolute Gasteiger partial charge is 0.246 e. The lowest BCUT2D eigenvalue weighted by Crippen LogP contribution is -2.27. The Morgan fingerprint density at radius 3 is 2.62 bits per heavy atom. The van der Waals surface area contributed by atoms with Crippen LogP contribution in [0.5, 0.6) is 0 Å². The van der Waals surface area contributed by atoms with Gasteiger partial charge in [-0.05, 0) is 36.8 Å². The molecule has 0 spiro atoms. The molecule has 2 aromatic carbocycles. The first kappa shape index (κ1) is 19.0. The summed E-state index contributed by atoms with van der Waals surface area (Å²) in [5, 5.41) is 3.87. The van der Waals surface area contributed by atoms with Gasteiger partial charge in [-0.15, -0.1) is 0 Å². The van der Waals surface area contributed by atoms with E-state index >= 15 is 0 Å². The van der Waals surface area contributed by atoms with Gasteiger partial charge < -0.3 is 9.42 Å². The van der Waals surface area contributed by atoms with Gasteiger partial charge >= 0.3 is 0 Å². The molecule has 148 valence electrons. The molecule has 1 saturated heterocycles. The second-order valence-corrected chi connectivity index (χ2v) is 7.05. The van der Waals surface area contributed by atoms with Crippen LogP contribution < -0.4 is 0 Å². The second kappa shape index (κ2) is 7.95. The number of hydrogen-bond acceptors (Lipinski definition) is 4. The molecule has 29 heavy (non-hydrogen) atoms. The maximum Gasteiger partial charge on any atom is 0.246 e. The molecule has 1 aromatic heterocycles. The van der Waals surface area contributed by atoms with Crippen molar-refractivity contribution in [1.29, 1.82) is 0 Å². The van der Waals surface area contributed by atoms with E-state index in [0.29, 0.717) is 24.8 Å². The fourth-order valence-electron chi connectivity index (χ4n) is 3.64. The molecule has 0 aliphatic carbocycles. The van der Waals surface area contributed by atoms with Crippen molar-refractivity contribution in [2.24, 2.45) is 0 Å². The molecule has 0 unspecified atom stereocenters. The summed E-state index contributed by atoms with van der Waals surface area (Å²) < 4.78 is 32.5. The maximum atomic E-state index is 13.8. The lowest BCUT2D eigenvalue weighted by Gasteiger charge is -2.15. The molecule has 1 aliphatic rings. The van der Waals surface area contributed by atoms with Crippen LogP contribution in [-0.2, 0) is 4.79 Å². The van der Waals surface area contributed by atoms with Gasteiger partial charge in [0.15, 0.2) is 5.82 Å². The van der Waals surface area contributed by atoms with Crippen LogP contribution in [0.15, 0.2) is 59.1 Å². The summed E-state index contributed by atoms with van der Waals surface area (Å²) in [7, 11) is 0. The zero-order valence-corrected chi connectivity index (χ0v) is 15.8. The first-order valence-electron chi connectivity index (χ1n) is 9.28. The Morgan fingerprint density at radius 1 is 1.14 bits per heavy atom. The third-order valence-corrected chi connectivity index (χ3v) is 5.08. The van der Waals surface area contributed by atoms with E-state index in [2.05, 4.69) is 10.1 Å². The van der Waals surface area contributed by atoms with Crippen LogP contribution >= 0.6 is 0 Å². The summed E-state index contributed by atoms with van der Waals surface area (Å²) in [4.78, 5) is 18.7. The molecule has 0 saturated carbocycles. The van der Waals surface area contributed by atoms with Crippen LogP contribution in [0.1, 0.15) is 34.7 Å². The largest absolute Gasteiger partial charge is 0.339 e. The minimum atomic E-state index is -0.585. The highest BCUT2D eigenvalue weighted by Gasteiger charge is 2.39. The first-order valence-corrected chi connectivity index (χ1v) is 9.28. The van der Waals surface area contributed by atoms with E-state index in [1.54, 1.807) is 11.8 Å². The van der Waals surface area contributed by atoms with Crippen molar-refractivity contribution >= 4 is 12.0 Å². The van der Waals surface area contributed by atoms with Gasteiger partial charge in [-0.2, -0.15) is 4.98 Å². The van der Waals surface area contributed by atoms with Crippen LogP contribution in [0.4, 0.5) is 8.78 Å². The van der Waals surface area contributed by atoms with E-state index < -0.39 is 11.6 Å². The number of carbonyl (C=O) groups is 1. The van der Waals surface area contributed by atoms with Gasteiger partial charge in [0.1, 0.15) is 11.6 Å². The lowest BCUT2D eigenvalue weighted by atomic mass is 9.89. The lowest BCUT2D eigenvalue weighted by molar-refractivity contribution is -0.125. The molecule has 0 radical (unpaired) electrons. The fourth-order valence-corrected chi connectivity index (χ4v) is 3.64. The van der Waals surface area contributed by atoms with Crippen LogP contribution in [0, 0.1) is 18.6 Å². The van der Waals surface area contributed by atoms with E-state index in [4.69, 9.17) is 4.52 Å². The van der Waals surface area contributed by atoms with Crippen LogP contribution in [-0.4, -0.2) is 34.0 Å². The Hall–Kier alpha value is -3.35. The molecule has 1 fully saturated rings. The Labute approximate surface area is 166 Å². The molecule has 4 rings (SSSR count). The Morgan fingerprint density at radius 2 is 1.90 bits per heavy atom. The number of aromatic nitrogens is 2. The Balaban J connectivity index is 1.57. The van der Waals surface area contributed by atoms with E-state index in [-0.39, 0.29) is 23.3 Å². The van der Waals surface area contributed by atoms with Gasteiger partial charge in [-0.3, -0.25) is 4.79 Å². The third-order valence-electron chi connectivity index (χ3n) is 5.08. The predicted octanol–water partition coefficient (Wildman–Crippen LogP) is 4.08. The number of benzene rings is 2. The van der Waals surface area contributed by atoms with Gasteiger partial charge in [0.2, 0.25) is 11.8 Å². The van der Waals surface area contributed by atoms with Crippen LogP contribution in [0.2, 0.25) is 0 Å². The van der Waals surface area contributed by atoms with E-state index in [9.17, 15) is 13.6 Å². The van der Waals surface area contributed by atoms with Crippen molar-refractivity contribution in [3.05, 3.63) is 89.1 Å². The Bertz CT molecular complexity index is 1050. The number of nitrogens with zero attached hydrogens (tertiary/aromatic N) is 3. The quantitative estimate of drug-likeness (QED) is 0.625. The molecule has 1 amide bonds. The van der Waals surface area contributed by atoms with E-state index in [1.165, 1.54) is 12.2 Å². The molecular weight excluding hydrogens is 376 g/mol. The topological polar surface area (TPSA) is 59.2 Å². The minimum Gasteiger partial charge on any atom is -0.339 e. The van der Waals surface area contributed by atoms with Crippen LogP contribution in [0.3, 0.4) is 0 Å². The monoisotopic (exact) mass is 395 g/mol. The molecule has 2 heterocycles. The normalized spacial score (nSPS) is 19.2. The number of aryl methyl sites for hydroxylation is 1. The zero-order chi connectivity index (χ0) is 20.4. The number of halogens is 2. The van der Waals surface area contributed by atoms with Crippen molar-refractivity contribution in [3.63, 3.8) is 0 Å². The summed E-state index contributed by atoms with van der Waals surface area (Å²) >= 11 is 0. The number of hydrogen-bond donors (Lipinski definition) is 0. The molecule has 0 N–H and O–H groups in total. The highest BCUT2D eigenvalue weighted by Crippen LogP contribution is 2.39. The first-order chi connectivity index (χ1) is 14.0. The highest BCUT2D eigenvalue weighted by molar-refractivity contribution is 5.92. The van der Waals surface area contributed by atoms with Gasteiger partial charge in [0.25, 0.3) is 0 Å². The number of rotatable bonds is 4. The van der Waals surface area contributed by atoms with E-state index in [1.807, 2.05) is 30.3 Å². The van der Waals surface area contributed by atoms with Gasteiger partial charge in [-0.1, -0.05) is 35.5 Å². The summed E-state index contributed by atoms with van der Waals surface area (Å²) in [6.45, 7) is 2.61. The van der Waals surface area contributed by atoms with Crippen molar-refractivity contribution in [3.8, 4) is 0 Å². The van der Waals surface area contributed by atoms with Crippen molar-refractivity contribution in [1.82, 2.24) is 15.0 Å². The standard InChI is InChI=1S/C22H19F2N3O2/c1-14-25-22(29-26-14)19-13-27(12-18(19)15-5-3-2-4-6-15)21(28)10-7-16-11-17(23)8-9-20(16)24/h2-11,18-19H,12-13H2,1H3/b10-7-/t18-,19+/m0/s1. The molecule has 3 aromatic rings. The minimum absolute atomic E-state index is 0.000643.